The topological polar surface area (TPSA) is 433 Å². The lowest BCUT2D eigenvalue weighted by molar-refractivity contribution is -0.361. The summed E-state index contributed by atoms with van der Waals surface area (Å²) in [4.78, 5) is 15.4. The average Bonchev–Trinajstić information content (AvgIpc) is 0.989. The molecule has 5 aliphatic carbocycles. The molecule has 0 spiro atoms. The molecule has 85 heavy (non-hydrogen) atoms. The van der Waals surface area contributed by atoms with E-state index < -0.39 is 225 Å². The minimum absolute atomic E-state index is 0.126. The molecule has 4 saturated carbocycles. The van der Waals surface area contributed by atoms with Gasteiger partial charge in [0.1, 0.15) is 90.4 Å². The highest BCUT2D eigenvalue weighted by atomic mass is 16.8. The normalized spacial score (nSPS) is 56.0. The Labute approximate surface area is 493 Å². The van der Waals surface area contributed by atoms with Crippen LogP contribution in [0.15, 0.2) is 11.6 Å². The summed E-state index contributed by atoms with van der Waals surface area (Å²) in [5, 5.41) is 177. The summed E-state index contributed by atoms with van der Waals surface area (Å²) in [6.45, 7) is 12.5. The summed E-state index contributed by atoms with van der Waals surface area (Å²) in [7, 11) is 0. The van der Waals surface area contributed by atoms with Crippen LogP contribution in [0.5, 0.6) is 0 Å². The van der Waals surface area contributed by atoms with Crippen molar-refractivity contribution in [3.63, 3.8) is 0 Å². The molecular formula is C58H94O27. The third-order valence-electron chi connectivity index (χ3n) is 22.9. The highest BCUT2D eigenvalue weighted by Crippen LogP contribution is 2.76. The first-order valence-corrected chi connectivity index (χ1v) is 30.2. The smallest absolute Gasteiger partial charge is 0.317 e. The van der Waals surface area contributed by atoms with Crippen LogP contribution in [0.2, 0.25) is 0 Å². The van der Waals surface area contributed by atoms with Crippen molar-refractivity contribution >= 4 is 5.97 Å². The molecule has 10 rings (SSSR count). The first-order valence-electron chi connectivity index (χ1n) is 30.2. The molecule has 33 atom stereocenters. The molecule has 10 aliphatic rings. The molecule has 27 nitrogen and oxygen atoms in total. The van der Waals surface area contributed by atoms with Gasteiger partial charge in [0.25, 0.3) is 0 Å². The number of hydrogen-bond donors (Lipinski definition) is 16. The van der Waals surface area contributed by atoms with Gasteiger partial charge in [-0.15, -0.1) is 0 Å². The molecule has 0 radical (unpaired) electrons. The minimum atomic E-state index is -2.18. The molecule has 9 fully saturated rings. The lowest BCUT2D eigenvalue weighted by Crippen LogP contribution is -2.70. The van der Waals surface area contributed by atoms with Crippen LogP contribution in [0.1, 0.15) is 107 Å². The van der Waals surface area contributed by atoms with Gasteiger partial charge in [0.2, 0.25) is 6.29 Å². The molecule has 0 aromatic carbocycles. The van der Waals surface area contributed by atoms with Gasteiger partial charge in [0, 0.05) is 5.41 Å². The number of ether oxygens (including phenoxy) is 10. The number of rotatable bonds is 13. The molecule has 488 valence electrons. The Balaban J connectivity index is 0.844. The van der Waals surface area contributed by atoms with E-state index in [1.807, 2.05) is 6.92 Å². The van der Waals surface area contributed by atoms with E-state index in [0.29, 0.717) is 32.1 Å². The van der Waals surface area contributed by atoms with Crippen LogP contribution in [-0.4, -0.2) is 274 Å². The number of allylic oxidation sites excluding steroid dienone is 2. The highest BCUT2D eigenvalue weighted by molar-refractivity contribution is 5.80. The summed E-state index contributed by atoms with van der Waals surface area (Å²) in [5.41, 5.74) is -6.14. The van der Waals surface area contributed by atoms with E-state index in [0.717, 1.165) is 5.57 Å². The van der Waals surface area contributed by atoms with E-state index in [9.17, 15) is 81.7 Å². The van der Waals surface area contributed by atoms with E-state index in [4.69, 9.17) is 47.4 Å². The number of hydrogen-bond acceptors (Lipinski definition) is 27. The third kappa shape index (κ3) is 10.7. The molecule has 5 heterocycles. The van der Waals surface area contributed by atoms with Gasteiger partial charge in [-0.1, -0.05) is 53.2 Å². The van der Waals surface area contributed by atoms with Gasteiger partial charge in [-0.25, -0.2) is 0 Å². The quantitative estimate of drug-likeness (QED) is 0.0475. The zero-order chi connectivity index (χ0) is 62.2. The van der Waals surface area contributed by atoms with Gasteiger partial charge in [0.15, 0.2) is 31.3 Å². The summed E-state index contributed by atoms with van der Waals surface area (Å²) >= 11 is 0. The largest absolute Gasteiger partial charge is 0.432 e. The van der Waals surface area contributed by atoms with Crippen LogP contribution < -0.4 is 0 Å². The Morgan fingerprint density at radius 2 is 1.26 bits per heavy atom. The van der Waals surface area contributed by atoms with E-state index in [-0.39, 0.29) is 36.5 Å². The maximum Gasteiger partial charge on any atom is 0.317 e. The van der Waals surface area contributed by atoms with Gasteiger partial charge in [-0.05, 0) is 105 Å². The van der Waals surface area contributed by atoms with Crippen LogP contribution in [0.25, 0.3) is 0 Å². The molecule has 0 aromatic rings. The molecule has 27 heteroatoms. The zero-order valence-corrected chi connectivity index (χ0v) is 49.5. The number of fused-ring (bicyclic) bond motifs is 7. The van der Waals surface area contributed by atoms with Crippen molar-refractivity contribution in [1.29, 1.82) is 0 Å². The maximum atomic E-state index is 15.4. The minimum Gasteiger partial charge on any atom is -0.432 e. The standard InChI is InChI=1S/C58H94O27/c1-23-33(64)36(67)39(70)46(79-23)77-21-57(75)22-78-50(44(57)73)82-42-24(2)80-47(41(72)38(42)69)83-43-34(65)28(62)19-76-49(43)85-51(74)58-14-13-52(3,4)15-26(58)25-9-10-31-53(5)16-27(61)45(84-48-40(71)37(68)35(66)29(18-59)81-48)54(6,20-60)30(53)11-12-55(31,7)56(25,8)17-32(58)63/h9,23-24,26-50,59-73,75H,10-22H2,1-8H3/t23-,24-,26-,27-,28+,29+,30+,31+,32+,33-,34-,35+,36+,37-,38-,39+,40+,41+,42-,43+,44-,45-,46+,47-,48-,49+,50-,53-,54-,55+,56+,57+,58+/m0/s1. The van der Waals surface area contributed by atoms with Crippen LogP contribution in [0.3, 0.4) is 0 Å². The predicted octanol–water partition coefficient (Wildman–Crippen LogP) is -3.96. The van der Waals surface area contributed by atoms with Gasteiger partial charge in [0.05, 0.1) is 63.6 Å². The van der Waals surface area contributed by atoms with Crippen molar-refractivity contribution in [3.05, 3.63) is 11.6 Å². The summed E-state index contributed by atoms with van der Waals surface area (Å²) in [6, 6.07) is 0. The Hall–Kier alpha value is -1.79. The lowest BCUT2D eigenvalue weighted by Gasteiger charge is -2.72. The molecule has 0 aromatic heterocycles. The van der Waals surface area contributed by atoms with Crippen LogP contribution in [-0.2, 0) is 52.2 Å². The molecule has 16 N–H and O–H groups in total. The molecule has 0 unspecified atom stereocenters. The van der Waals surface area contributed by atoms with E-state index >= 15 is 4.79 Å². The summed E-state index contributed by atoms with van der Waals surface area (Å²) < 4.78 is 58.6. The summed E-state index contributed by atoms with van der Waals surface area (Å²) in [6.07, 6.45) is -32.0. The Morgan fingerprint density at radius 1 is 0.624 bits per heavy atom. The van der Waals surface area contributed by atoms with Crippen LogP contribution in [0.4, 0.5) is 0 Å². The van der Waals surface area contributed by atoms with Crippen LogP contribution >= 0.6 is 0 Å². The zero-order valence-electron chi connectivity index (χ0n) is 49.5. The van der Waals surface area contributed by atoms with Crippen molar-refractivity contribution in [2.45, 2.75) is 260 Å². The maximum absolute atomic E-state index is 15.4. The van der Waals surface area contributed by atoms with Crippen molar-refractivity contribution in [2.75, 3.05) is 33.0 Å². The number of carbonyl (C=O) groups excluding carboxylic acids is 1. The average molecular weight is 1220 g/mol. The molecule has 5 saturated heterocycles. The molecule has 0 bridgehead atoms. The lowest BCUT2D eigenvalue weighted by atomic mass is 9.33. The second-order valence-electron chi connectivity index (χ2n) is 28.4. The number of aliphatic hydroxyl groups is 16. The fourth-order valence-corrected chi connectivity index (χ4v) is 17.5. The molecule has 0 amide bonds. The second-order valence-corrected chi connectivity index (χ2v) is 28.4. The molecular weight excluding hydrogens is 1130 g/mol. The summed E-state index contributed by atoms with van der Waals surface area (Å²) in [5.74, 6) is -1.83. The number of carbonyl (C=O) groups is 1. The van der Waals surface area contributed by atoms with Crippen molar-refractivity contribution in [2.24, 2.45) is 50.2 Å². The highest BCUT2D eigenvalue weighted by Gasteiger charge is 2.73. The van der Waals surface area contributed by atoms with E-state index in [1.54, 1.807) is 0 Å². The number of esters is 1. The second kappa shape index (κ2) is 23.7. The molecule has 5 aliphatic heterocycles. The van der Waals surface area contributed by atoms with Gasteiger partial charge >= 0.3 is 5.97 Å². The van der Waals surface area contributed by atoms with Crippen LogP contribution in [0, 0.1) is 50.2 Å². The third-order valence-corrected chi connectivity index (χ3v) is 22.9. The van der Waals surface area contributed by atoms with Crippen molar-refractivity contribution in [1.82, 2.24) is 0 Å². The first-order chi connectivity index (χ1) is 39.7. The van der Waals surface area contributed by atoms with Gasteiger partial charge in [-0.2, -0.15) is 0 Å². The van der Waals surface area contributed by atoms with Crippen molar-refractivity contribution < 1.29 is 134 Å². The van der Waals surface area contributed by atoms with E-state index in [1.165, 1.54) is 13.8 Å². The fourth-order valence-electron chi connectivity index (χ4n) is 17.5. The number of aliphatic hydroxyl groups excluding tert-OH is 15. The Morgan fingerprint density at radius 3 is 1.94 bits per heavy atom. The predicted molar refractivity (Wildman–Crippen MR) is 285 cm³/mol. The van der Waals surface area contributed by atoms with Gasteiger partial charge in [-0.3, -0.25) is 4.79 Å². The van der Waals surface area contributed by atoms with Gasteiger partial charge < -0.3 is 129 Å². The Bertz CT molecular complexity index is 2400. The Kier molecular flexibility index (Phi) is 18.5. The monoisotopic (exact) mass is 1220 g/mol. The SMILES string of the molecule is C[C@@H]1O[C@@H](OC[C@@]2(O)CO[C@@H](O[C@@H]3[C@@H](O)[C@@H](O)[C@H](O[C@H]4[C@@H](OC(=O)[C@]56CCC(C)(C)C[C@H]5C5=CC[C@@H]7[C@@]8(C)C[C@H](O)[C@H](O[C@@H]9O[C@H](CO)[C@@H](O)[C@H](O)[C@H]9O)[C@@](C)(CO)[C@@H]8CC[C@@]7(C)[C@]5(C)C[C@H]6O)OC[C@@H](O)[C@@H]4O)O[C@H]3C)[C@@H]2O)[C@H](O)[C@H](O)[C@H]1O. The van der Waals surface area contributed by atoms with E-state index in [2.05, 4.69) is 40.7 Å². The first kappa shape index (κ1) is 66.1. The van der Waals surface area contributed by atoms with Crippen molar-refractivity contribution in [3.8, 4) is 0 Å². The fraction of sp³-hybridized carbons (Fsp3) is 0.948.